The van der Waals surface area contributed by atoms with Crippen molar-refractivity contribution >= 4 is 56.1 Å². The van der Waals surface area contributed by atoms with Gasteiger partial charge in [-0.05, 0) is 42.5 Å². The summed E-state index contributed by atoms with van der Waals surface area (Å²) in [6.45, 7) is 0. The van der Waals surface area contributed by atoms with Crippen LogP contribution in [0.25, 0.3) is 0 Å². The lowest BCUT2D eigenvalue weighted by atomic mass is 10.2. The maximum absolute atomic E-state index is 6.17. The minimum Gasteiger partial charge on any atom is -0.389 e. The summed E-state index contributed by atoms with van der Waals surface area (Å²) < 4.78 is 1.03. The summed E-state index contributed by atoms with van der Waals surface area (Å²) in [5.74, 6) is 0. The zero-order valence-electron chi connectivity index (χ0n) is 9.28. The van der Waals surface area contributed by atoms with Gasteiger partial charge in [0.25, 0.3) is 0 Å². The fourth-order valence-corrected chi connectivity index (χ4v) is 2.08. The Morgan fingerprint density at radius 3 is 2.39 bits per heavy atom. The molecule has 5 heteroatoms. The van der Waals surface area contributed by atoms with Crippen molar-refractivity contribution in [2.24, 2.45) is 5.73 Å². The van der Waals surface area contributed by atoms with E-state index in [1.54, 1.807) is 6.07 Å². The highest BCUT2D eigenvalue weighted by molar-refractivity contribution is 9.10. The van der Waals surface area contributed by atoms with Gasteiger partial charge in [-0.25, -0.2) is 0 Å². The molecule has 2 rings (SSSR count). The summed E-state index contributed by atoms with van der Waals surface area (Å²) in [7, 11) is 0. The van der Waals surface area contributed by atoms with Gasteiger partial charge in [-0.2, -0.15) is 0 Å². The summed E-state index contributed by atoms with van der Waals surface area (Å²) in [6.07, 6.45) is 0. The van der Waals surface area contributed by atoms with E-state index in [4.69, 9.17) is 29.6 Å². The Balaban J connectivity index is 2.24. The van der Waals surface area contributed by atoms with Crippen LogP contribution in [0.3, 0.4) is 0 Å². The minimum absolute atomic E-state index is 0.340. The highest BCUT2D eigenvalue weighted by atomic mass is 79.9. The predicted octanol–water partition coefficient (Wildman–Crippen LogP) is 4.48. The summed E-state index contributed by atoms with van der Waals surface area (Å²) in [6, 6.07) is 13.3. The Bertz CT molecular complexity index is 584. The number of benzene rings is 2. The molecular formula is C13H10BrClN2S. The molecule has 0 aromatic heterocycles. The van der Waals surface area contributed by atoms with Gasteiger partial charge in [0.2, 0.25) is 0 Å². The van der Waals surface area contributed by atoms with Crippen LogP contribution in [0.15, 0.2) is 46.9 Å². The van der Waals surface area contributed by atoms with Gasteiger partial charge in [0.15, 0.2) is 0 Å². The van der Waals surface area contributed by atoms with Crippen molar-refractivity contribution in [2.45, 2.75) is 0 Å². The molecule has 2 aromatic carbocycles. The molecule has 0 saturated heterocycles. The van der Waals surface area contributed by atoms with E-state index in [9.17, 15) is 0 Å². The molecule has 18 heavy (non-hydrogen) atoms. The van der Waals surface area contributed by atoms with Gasteiger partial charge in [-0.1, -0.05) is 39.7 Å². The van der Waals surface area contributed by atoms with E-state index in [2.05, 4.69) is 21.2 Å². The molecule has 2 aromatic rings. The quantitative estimate of drug-likeness (QED) is 0.808. The van der Waals surface area contributed by atoms with E-state index in [1.807, 2.05) is 36.4 Å². The van der Waals surface area contributed by atoms with E-state index < -0.39 is 0 Å². The maximum atomic E-state index is 6.17. The van der Waals surface area contributed by atoms with Crippen LogP contribution in [-0.4, -0.2) is 4.99 Å². The average molecular weight is 342 g/mol. The standard InChI is InChI=1S/C13H10BrClN2S/c14-9-2-4-10(5-3-9)17-12-6-1-8(13(16)18)7-11(12)15/h1-7,17H,(H2,16,18). The summed E-state index contributed by atoms with van der Waals surface area (Å²) >= 11 is 14.5. The van der Waals surface area contributed by atoms with Crippen LogP contribution < -0.4 is 11.1 Å². The van der Waals surface area contributed by atoms with Crippen LogP contribution in [0.2, 0.25) is 5.02 Å². The molecule has 0 unspecified atom stereocenters. The van der Waals surface area contributed by atoms with Gasteiger partial charge >= 0.3 is 0 Å². The molecule has 3 N–H and O–H groups in total. The van der Waals surface area contributed by atoms with Crippen molar-refractivity contribution in [1.82, 2.24) is 0 Å². The molecular weight excluding hydrogens is 332 g/mol. The summed E-state index contributed by atoms with van der Waals surface area (Å²) in [5, 5.41) is 3.81. The molecule has 0 heterocycles. The highest BCUT2D eigenvalue weighted by Gasteiger charge is 2.04. The van der Waals surface area contributed by atoms with Crippen LogP contribution in [0.4, 0.5) is 11.4 Å². The first kappa shape index (κ1) is 13.3. The molecule has 0 aliphatic heterocycles. The second-order valence-electron chi connectivity index (χ2n) is 3.69. The molecule has 2 nitrogen and oxygen atoms in total. The number of hydrogen-bond acceptors (Lipinski definition) is 2. The second-order valence-corrected chi connectivity index (χ2v) is 5.45. The molecule has 0 atom stereocenters. The first-order chi connectivity index (χ1) is 8.56. The number of nitrogens with two attached hydrogens (primary N) is 1. The van der Waals surface area contributed by atoms with Gasteiger partial charge < -0.3 is 11.1 Å². The largest absolute Gasteiger partial charge is 0.389 e. The van der Waals surface area contributed by atoms with Crippen molar-refractivity contribution in [3.63, 3.8) is 0 Å². The van der Waals surface area contributed by atoms with Crippen LogP contribution in [0.5, 0.6) is 0 Å². The van der Waals surface area contributed by atoms with Crippen molar-refractivity contribution < 1.29 is 0 Å². The SMILES string of the molecule is NC(=S)c1ccc(Nc2ccc(Br)cc2)c(Cl)c1. The van der Waals surface area contributed by atoms with Gasteiger partial charge in [0.1, 0.15) is 4.99 Å². The lowest BCUT2D eigenvalue weighted by Crippen LogP contribution is -2.09. The van der Waals surface area contributed by atoms with E-state index in [1.165, 1.54) is 0 Å². The smallest absolute Gasteiger partial charge is 0.104 e. The van der Waals surface area contributed by atoms with Crippen molar-refractivity contribution in [2.75, 3.05) is 5.32 Å². The third kappa shape index (κ3) is 3.22. The molecule has 0 fully saturated rings. The third-order valence-corrected chi connectivity index (χ3v) is 3.45. The predicted molar refractivity (Wildman–Crippen MR) is 84.8 cm³/mol. The Labute approximate surface area is 124 Å². The molecule has 0 bridgehead atoms. The number of hydrogen-bond donors (Lipinski definition) is 2. The zero-order valence-corrected chi connectivity index (χ0v) is 12.4. The highest BCUT2D eigenvalue weighted by Crippen LogP contribution is 2.27. The molecule has 0 amide bonds. The van der Waals surface area contributed by atoms with E-state index in [0.29, 0.717) is 10.0 Å². The Morgan fingerprint density at radius 2 is 1.83 bits per heavy atom. The van der Waals surface area contributed by atoms with Gasteiger partial charge in [0, 0.05) is 15.7 Å². The molecule has 0 aliphatic carbocycles. The second kappa shape index (κ2) is 5.69. The molecule has 0 aliphatic rings. The first-order valence-electron chi connectivity index (χ1n) is 5.18. The molecule has 0 radical (unpaired) electrons. The number of halogens is 2. The van der Waals surface area contributed by atoms with Gasteiger partial charge in [-0.3, -0.25) is 0 Å². The topological polar surface area (TPSA) is 38.0 Å². The van der Waals surface area contributed by atoms with Crippen LogP contribution >= 0.6 is 39.7 Å². The lowest BCUT2D eigenvalue weighted by molar-refractivity contribution is 1.52. The maximum Gasteiger partial charge on any atom is 0.104 e. The van der Waals surface area contributed by atoms with Crippen molar-refractivity contribution in [1.29, 1.82) is 0 Å². The minimum atomic E-state index is 0.340. The van der Waals surface area contributed by atoms with Gasteiger partial charge in [0.05, 0.1) is 10.7 Å². The Hall–Kier alpha value is -1.10. The fourth-order valence-electron chi connectivity index (χ4n) is 1.46. The number of thiocarbonyl (C=S) groups is 1. The summed E-state index contributed by atoms with van der Waals surface area (Å²) in [4.78, 5) is 0.340. The van der Waals surface area contributed by atoms with Gasteiger partial charge in [-0.15, -0.1) is 0 Å². The van der Waals surface area contributed by atoms with Crippen LogP contribution in [0.1, 0.15) is 5.56 Å². The van der Waals surface area contributed by atoms with Crippen LogP contribution in [0, 0.1) is 0 Å². The van der Waals surface area contributed by atoms with E-state index in [0.717, 1.165) is 21.4 Å². The third-order valence-electron chi connectivity index (χ3n) is 2.38. The zero-order chi connectivity index (χ0) is 13.1. The lowest BCUT2D eigenvalue weighted by Gasteiger charge is -2.09. The normalized spacial score (nSPS) is 10.1. The first-order valence-corrected chi connectivity index (χ1v) is 6.76. The Kier molecular flexibility index (Phi) is 4.22. The number of rotatable bonds is 3. The number of nitrogens with one attached hydrogen (secondary N) is 1. The molecule has 92 valence electrons. The molecule has 0 spiro atoms. The van der Waals surface area contributed by atoms with Crippen molar-refractivity contribution in [3.8, 4) is 0 Å². The van der Waals surface area contributed by atoms with E-state index in [-0.39, 0.29) is 0 Å². The number of anilines is 2. The monoisotopic (exact) mass is 340 g/mol. The summed E-state index contributed by atoms with van der Waals surface area (Å²) in [5.41, 5.74) is 8.09. The molecule has 0 saturated carbocycles. The Morgan fingerprint density at radius 1 is 1.17 bits per heavy atom. The van der Waals surface area contributed by atoms with Crippen LogP contribution in [-0.2, 0) is 0 Å². The fraction of sp³-hybridized carbons (Fsp3) is 0. The average Bonchev–Trinajstić information content (AvgIpc) is 2.34. The van der Waals surface area contributed by atoms with E-state index >= 15 is 0 Å². The van der Waals surface area contributed by atoms with Crippen molar-refractivity contribution in [3.05, 3.63) is 57.5 Å².